The zero-order valence-corrected chi connectivity index (χ0v) is 18.0. The molecule has 0 spiro atoms. The minimum absolute atomic E-state index is 0.0104. The lowest BCUT2D eigenvalue weighted by molar-refractivity contribution is -0.306. The molecule has 5 nitrogen and oxygen atoms in total. The maximum absolute atomic E-state index is 13.2. The maximum Gasteiger partial charge on any atom is 0.226 e. The van der Waals surface area contributed by atoms with Crippen LogP contribution in [0.5, 0.6) is 0 Å². The van der Waals surface area contributed by atoms with E-state index in [1.54, 1.807) is 0 Å². The number of hydrogen-bond acceptors (Lipinski definition) is 4. The van der Waals surface area contributed by atoms with Gasteiger partial charge in [0.1, 0.15) is 5.78 Å². The second kappa shape index (κ2) is 7.79. The fourth-order valence-corrected chi connectivity index (χ4v) is 7.12. The van der Waals surface area contributed by atoms with Crippen molar-refractivity contribution in [1.29, 1.82) is 0 Å². The molecule has 1 amide bonds. The third-order valence-corrected chi connectivity index (χ3v) is 8.82. The van der Waals surface area contributed by atoms with Crippen molar-refractivity contribution in [1.82, 2.24) is 4.90 Å². The number of fused-ring (bicyclic) bond motifs is 3. The predicted molar refractivity (Wildman–Crippen MR) is 105 cm³/mol. The van der Waals surface area contributed by atoms with Gasteiger partial charge in [-0.25, -0.2) is 0 Å². The smallest absolute Gasteiger partial charge is 0.226 e. The number of carbonyl (C=O) groups is 3. The minimum Gasteiger partial charge on any atom is -0.550 e. The summed E-state index contributed by atoms with van der Waals surface area (Å²) < 4.78 is 0. The van der Waals surface area contributed by atoms with Crippen LogP contribution in [0.25, 0.3) is 0 Å². The molecule has 0 saturated heterocycles. The van der Waals surface area contributed by atoms with Crippen LogP contribution in [-0.4, -0.2) is 35.6 Å². The van der Waals surface area contributed by atoms with Gasteiger partial charge in [-0.1, -0.05) is 13.8 Å². The molecule has 3 rings (SSSR count). The lowest BCUT2D eigenvalue weighted by Crippen LogP contribution is -2.53. The first kappa shape index (κ1) is 21.3. The van der Waals surface area contributed by atoms with Gasteiger partial charge in [0.2, 0.25) is 5.91 Å². The summed E-state index contributed by atoms with van der Waals surface area (Å²) in [6.07, 6.45) is 5.68. The number of carboxylic acid groups (broad SMARTS) is 1. The van der Waals surface area contributed by atoms with Crippen molar-refractivity contribution in [2.45, 2.75) is 79.1 Å². The first-order chi connectivity index (χ1) is 13.2. The van der Waals surface area contributed by atoms with Crippen molar-refractivity contribution in [2.24, 2.45) is 34.5 Å². The fourth-order valence-electron chi connectivity index (χ4n) is 7.12. The molecule has 3 saturated carbocycles. The molecule has 158 valence electrons. The average molecular weight is 391 g/mol. The normalized spacial score (nSPS) is 39.9. The van der Waals surface area contributed by atoms with Crippen LogP contribution in [0.3, 0.4) is 0 Å². The molecular formula is C23H36NO4-. The summed E-state index contributed by atoms with van der Waals surface area (Å²) in [5.74, 6) is 0.692. The van der Waals surface area contributed by atoms with Crippen LogP contribution in [-0.2, 0) is 14.4 Å². The highest BCUT2D eigenvalue weighted by atomic mass is 16.4. The highest BCUT2D eigenvalue weighted by Gasteiger charge is 2.60. The van der Waals surface area contributed by atoms with Crippen LogP contribution in [0.2, 0.25) is 0 Å². The number of hydrogen-bond donors (Lipinski definition) is 0. The topological polar surface area (TPSA) is 77.5 Å². The van der Waals surface area contributed by atoms with Crippen molar-refractivity contribution in [2.75, 3.05) is 13.1 Å². The summed E-state index contributed by atoms with van der Waals surface area (Å²) >= 11 is 0. The summed E-state index contributed by atoms with van der Waals surface area (Å²) in [5, 5.41) is 11.1. The molecule has 0 aliphatic heterocycles. The van der Waals surface area contributed by atoms with Crippen LogP contribution in [0.4, 0.5) is 0 Å². The number of Topliss-reactive ketones (excluding diaryl/α,β-unsaturated/α-hetero) is 1. The minimum atomic E-state index is -1.07. The van der Waals surface area contributed by atoms with Gasteiger partial charge in [0.05, 0.1) is 0 Å². The second-order valence-electron chi connectivity index (χ2n) is 9.81. The van der Waals surface area contributed by atoms with Crippen molar-refractivity contribution in [3.8, 4) is 0 Å². The van der Waals surface area contributed by atoms with E-state index in [-0.39, 0.29) is 29.5 Å². The number of rotatable bonds is 6. The molecule has 0 aromatic carbocycles. The molecule has 3 fully saturated rings. The zero-order chi connectivity index (χ0) is 20.7. The molecule has 28 heavy (non-hydrogen) atoms. The fraction of sp³-hybridized carbons (Fsp3) is 0.870. The molecule has 0 aromatic heterocycles. The molecule has 0 aromatic rings. The first-order valence-electron chi connectivity index (χ1n) is 11.2. The molecule has 5 heteroatoms. The summed E-state index contributed by atoms with van der Waals surface area (Å²) in [7, 11) is 0. The van der Waals surface area contributed by atoms with Crippen molar-refractivity contribution in [3.63, 3.8) is 0 Å². The van der Waals surface area contributed by atoms with Crippen LogP contribution in [0.1, 0.15) is 79.1 Å². The number of carbonyl (C=O) groups excluding carboxylic acids is 3. The van der Waals surface area contributed by atoms with Gasteiger partial charge in [-0.15, -0.1) is 0 Å². The van der Waals surface area contributed by atoms with Crippen LogP contribution in [0, 0.1) is 34.5 Å². The van der Waals surface area contributed by atoms with Crippen molar-refractivity contribution in [3.05, 3.63) is 0 Å². The Labute approximate surface area is 169 Å². The summed E-state index contributed by atoms with van der Waals surface area (Å²) in [6.45, 7) is 9.90. The molecular weight excluding hydrogens is 354 g/mol. The van der Waals surface area contributed by atoms with E-state index >= 15 is 0 Å². The highest BCUT2D eigenvalue weighted by Crippen LogP contribution is 2.64. The summed E-state index contributed by atoms with van der Waals surface area (Å²) in [5.41, 5.74) is -0.540. The predicted octanol–water partition coefficient (Wildman–Crippen LogP) is 2.81. The van der Waals surface area contributed by atoms with Crippen molar-refractivity contribution < 1.29 is 19.5 Å². The molecule has 0 N–H and O–H groups in total. The number of ketones is 1. The maximum atomic E-state index is 13.2. The Morgan fingerprint density at radius 3 is 2.36 bits per heavy atom. The highest BCUT2D eigenvalue weighted by molar-refractivity contribution is 5.86. The number of nitrogens with zero attached hydrogens (tertiary/aromatic N) is 1. The van der Waals surface area contributed by atoms with E-state index < -0.39 is 11.4 Å². The summed E-state index contributed by atoms with van der Waals surface area (Å²) in [4.78, 5) is 39.0. The van der Waals surface area contributed by atoms with Gasteiger partial charge in [-0.05, 0) is 82.0 Å². The SMILES string of the molecule is CCN(CC)C(=O)C1CCC2C3CCC(=O)C(C)(CCC(=O)[O-])C3CCC12C. The van der Waals surface area contributed by atoms with Gasteiger partial charge in [-0.2, -0.15) is 0 Å². The Morgan fingerprint density at radius 1 is 1.07 bits per heavy atom. The molecule has 6 unspecified atom stereocenters. The van der Waals surface area contributed by atoms with Gasteiger partial charge >= 0.3 is 0 Å². The van der Waals surface area contributed by atoms with Gasteiger partial charge in [0.25, 0.3) is 0 Å². The van der Waals surface area contributed by atoms with E-state index in [4.69, 9.17) is 0 Å². The van der Waals surface area contributed by atoms with Crippen LogP contribution >= 0.6 is 0 Å². The quantitative estimate of drug-likeness (QED) is 0.699. The number of carboxylic acids is 1. The third-order valence-electron chi connectivity index (χ3n) is 8.82. The lowest BCUT2D eigenvalue weighted by Gasteiger charge is -2.55. The van der Waals surface area contributed by atoms with E-state index in [1.807, 2.05) is 25.7 Å². The Bertz CT molecular complexity index is 643. The van der Waals surface area contributed by atoms with E-state index in [2.05, 4.69) is 6.92 Å². The number of amides is 1. The standard InChI is InChI=1S/C23H37NO4/c1-5-24(6-2)21(28)18-9-8-16-15-7-10-19(25)23(4,14-12-20(26)27)17(15)11-13-22(16,18)3/h15-18H,5-14H2,1-4H3,(H,26,27)/p-1. The Kier molecular flexibility index (Phi) is 5.94. The van der Waals surface area contributed by atoms with E-state index in [0.29, 0.717) is 30.6 Å². The van der Waals surface area contributed by atoms with Gasteiger partial charge in [0, 0.05) is 36.8 Å². The molecule has 0 bridgehead atoms. The van der Waals surface area contributed by atoms with E-state index in [0.717, 1.165) is 45.2 Å². The Morgan fingerprint density at radius 2 is 1.75 bits per heavy atom. The molecule has 3 aliphatic rings. The zero-order valence-electron chi connectivity index (χ0n) is 18.0. The van der Waals surface area contributed by atoms with Crippen molar-refractivity contribution >= 4 is 17.7 Å². The molecule has 0 heterocycles. The molecule has 0 radical (unpaired) electrons. The first-order valence-corrected chi connectivity index (χ1v) is 11.2. The second-order valence-corrected chi connectivity index (χ2v) is 9.81. The summed E-state index contributed by atoms with van der Waals surface area (Å²) in [6, 6.07) is 0. The molecule has 3 aliphatic carbocycles. The van der Waals surface area contributed by atoms with Crippen LogP contribution in [0.15, 0.2) is 0 Å². The monoisotopic (exact) mass is 390 g/mol. The molecule has 6 atom stereocenters. The largest absolute Gasteiger partial charge is 0.550 e. The van der Waals surface area contributed by atoms with E-state index in [1.165, 1.54) is 0 Å². The van der Waals surface area contributed by atoms with Gasteiger partial charge in [-0.3, -0.25) is 9.59 Å². The number of aliphatic carboxylic acids is 1. The Hall–Kier alpha value is -1.39. The third kappa shape index (κ3) is 3.29. The average Bonchev–Trinajstić information content (AvgIpc) is 3.01. The van der Waals surface area contributed by atoms with Gasteiger partial charge in [0.15, 0.2) is 0 Å². The van der Waals surface area contributed by atoms with Gasteiger partial charge < -0.3 is 14.8 Å². The van der Waals surface area contributed by atoms with E-state index in [9.17, 15) is 19.5 Å². The Balaban J connectivity index is 1.84. The lowest BCUT2D eigenvalue weighted by atomic mass is 9.48. The van der Waals surface area contributed by atoms with Crippen LogP contribution < -0.4 is 5.11 Å².